The van der Waals surface area contributed by atoms with Crippen molar-refractivity contribution in [1.82, 2.24) is 4.98 Å². The van der Waals surface area contributed by atoms with Crippen molar-refractivity contribution in [2.24, 2.45) is 0 Å². The van der Waals surface area contributed by atoms with E-state index in [9.17, 15) is 14.1 Å². The number of amides is 1. The van der Waals surface area contributed by atoms with Crippen molar-refractivity contribution >= 4 is 53.4 Å². The van der Waals surface area contributed by atoms with Crippen LogP contribution in [0.15, 0.2) is 10.8 Å². The third-order valence-corrected chi connectivity index (χ3v) is 6.01. The predicted octanol–water partition coefficient (Wildman–Crippen LogP) is 4.09. The van der Waals surface area contributed by atoms with Gasteiger partial charge in [0.25, 0.3) is 0 Å². The number of hydrogen-bond donors (Lipinski definition) is 1. The molecule has 0 aromatic carbocycles. The maximum Gasteiger partial charge on any atom is 0.413 e. The van der Waals surface area contributed by atoms with Gasteiger partial charge in [-0.2, -0.15) is 0 Å². The molecule has 1 N–H and O–H groups in total. The van der Waals surface area contributed by atoms with Crippen LogP contribution < -0.4 is 5.32 Å². The molecule has 0 aliphatic heterocycles. The van der Waals surface area contributed by atoms with E-state index in [-0.39, 0.29) is 10.7 Å². The predicted molar refractivity (Wildman–Crippen MR) is 113 cm³/mol. The van der Waals surface area contributed by atoms with Crippen LogP contribution in [0.4, 0.5) is 9.93 Å². The molecule has 1 atom stereocenters. The number of carbonyl (C=O) groups excluding carboxylic acids is 2. The molecule has 1 amide bonds. The van der Waals surface area contributed by atoms with Crippen LogP contribution >= 0.6 is 11.3 Å². The summed E-state index contributed by atoms with van der Waals surface area (Å²) in [6, 6.07) is 0.837. The van der Waals surface area contributed by atoms with E-state index in [2.05, 4.69) is 29.9 Å². The first kappa shape index (κ1) is 23.7. The third kappa shape index (κ3) is 9.94. The molecule has 1 heterocycles. The first-order valence-electron chi connectivity index (χ1n) is 8.44. The first-order chi connectivity index (χ1) is 12.3. The van der Waals surface area contributed by atoms with E-state index in [1.807, 2.05) is 0 Å². The van der Waals surface area contributed by atoms with Gasteiger partial charge in [-0.05, 0) is 38.0 Å². The second kappa shape index (κ2) is 9.72. The Hall–Kier alpha value is -1.36. The molecule has 1 rings (SSSR count). The van der Waals surface area contributed by atoms with Crippen LogP contribution in [-0.2, 0) is 25.4 Å². The zero-order valence-corrected chi connectivity index (χ0v) is 19.5. The van der Waals surface area contributed by atoms with Crippen LogP contribution in [0.2, 0.25) is 25.7 Å². The van der Waals surface area contributed by atoms with Gasteiger partial charge >= 0.3 is 12.1 Å². The van der Waals surface area contributed by atoms with E-state index in [0.717, 1.165) is 17.4 Å². The standard InChI is InChI=1S/C17H28N2O5S2Si/c1-17(2,3)24-16(21)19-15-18-13(10-25-15)12(11-26(4)22)14(20)23-8-9-27(5,6)7/h10-11H,8-9H2,1-7H3,(H,18,19,21). The third-order valence-electron chi connectivity index (χ3n) is 2.98. The van der Waals surface area contributed by atoms with Crippen molar-refractivity contribution in [3.8, 4) is 0 Å². The van der Waals surface area contributed by atoms with Crippen LogP contribution in [0.3, 0.4) is 0 Å². The number of hydrogen-bond acceptors (Lipinski definition) is 7. The second-order valence-corrected chi connectivity index (χ2v) is 15.9. The maximum absolute atomic E-state index is 12.4. The van der Waals surface area contributed by atoms with Gasteiger partial charge in [-0.15, -0.1) is 11.3 Å². The normalized spacial score (nSPS) is 13.9. The summed E-state index contributed by atoms with van der Waals surface area (Å²) in [4.78, 5) is 28.5. The Morgan fingerprint density at radius 3 is 2.52 bits per heavy atom. The summed E-state index contributed by atoms with van der Waals surface area (Å²) in [7, 11) is -1.34. The van der Waals surface area contributed by atoms with E-state index < -0.39 is 36.9 Å². The topological polar surface area (TPSA) is 101 Å². The minimum atomic E-state index is -1.36. The largest absolute Gasteiger partial charge is 0.612 e. The number of esters is 1. The number of aromatic nitrogens is 1. The molecule has 152 valence electrons. The number of rotatable bonds is 7. The summed E-state index contributed by atoms with van der Waals surface area (Å²) in [6.45, 7) is 12.2. The van der Waals surface area contributed by atoms with Crippen LogP contribution in [0.5, 0.6) is 0 Å². The highest BCUT2D eigenvalue weighted by Gasteiger charge is 2.23. The monoisotopic (exact) mass is 432 g/mol. The van der Waals surface area contributed by atoms with Crippen LogP contribution in [0, 0.1) is 0 Å². The van der Waals surface area contributed by atoms with E-state index in [1.165, 1.54) is 11.7 Å². The zero-order chi connectivity index (χ0) is 20.8. The quantitative estimate of drug-likeness (QED) is 0.301. The fourth-order valence-corrected chi connectivity index (χ4v) is 3.71. The SMILES string of the molecule is C[S+]([O-])C=C(C(=O)OCC[Si](C)(C)C)c1csc(NC(=O)OC(C)(C)C)n1. The molecule has 0 saturated carbocycles. The molecule has 27 heavy (non-hydrogen) atoms. The average molecular weight is 433 g/mol. The van der Waals surface area contributed by atoms with Crippen molar-refractivity contribution in [1.29, 1.82) is 0 Å². The van der Waals surface area contributed by atoms with Crippen LogP contribution in [-0.4, -0.2) is 48.1 Å². The molecule has 10 heteroatoms. The summed E-state index contributed by atoms with van der Waals surface area (Å²) in [5.41, 5.74) is -0.201. The fraction of sp³-hybridized carbons (Fsp3) is 0.588. The Kier molecular flexibility index (Phi) is 8.52. The highest BCUT2D eigenvalue weighted by molar-refractivity contribution is 7.93. The lowest BCUT2D eigenvalue weighted by molar-refractivity contribution is -0.136. The second-order valence-electron chi connectivity index (χ2n) is 8.14. The summed E-state index contributed by atoms with van der Waals surface area (Å²) < 4.78 is 22.1. The molecule has 1 aromatic rings. The van der Waals surface area contributed by atoms with Gasteiger partial charge in [0.1, 0.15) is 16.6 Å². The number of nitrogens with zero attached hydrogens (tertiary/aromatic N) is 1. The summed E-state index contributed by atoms with van der Waals surface area (Å²) in [5.74, 6) is -0.572. The molecule has 0 bridgehead atoms. The van der Waals surface area contributed by atoms with Crippen LogP contribution in [0.25, 0.3) is 5.57 Å². The zero-order valence-electron chi connectivity index (χ0n) is 16.9. The molecule has 1 aromatic heterocycles. The number of thiazole rings is 1. The Labute approximate surface area is 168 Å². The lowest BCUT2D eigenvalue weighted by Crippen LogP contribution is -2.27. The highest BCUT2D eigenvalue weighted by Crippen LogP contribution is 2.24. The Balaban J connectivity index is 2.86. The van der Waals surface area contributed by atoms with Gasteiger partial charge in [0.05, 0.1) is 18.6 Å². The van der Waals surface area contributed by atoms with Gasteiger partial charge in [-0.3, -0.25) is 5.32 Å². The van der Waals surface area contributed by atoms with Crippen molar-refractivity contribution in [3.63, 3.8) is 0 Å². The lowest BCUT2D eigenvalue weighted by Gasteiger charge is -2.18. The van der Waals surface area contributed by atoms with Crippen LogP contribution in [0.1, 0.15) is 26.5 Å². The molecule has 1 unspecified atom stereocenters. The summed E-state index contributed by atoms with van der Waals surface area (Å²) in [6.07, 6.45) is 0.826. The molecular formula is C17H28N2O5S2Si. The molecule has 0 aliphatic rings. The Bertz CT molecular complexity index is 690. The van der Waals surface area contributed by atoms with Crippen molar-refractivity contribution in [2.75, 3.05) is 18.2 Å². The van der Waals surface area contributed by atoms with Crippen molar-refractivity contribution in [2.45, 2.75) is 52.1 Å². The summed E-state index contributed by atoms with van der Waals surface area (Å²) >= 11 is -0.215. The van der Waals surface area contributed by atoms with Crippen molar-refractivity contribution < 1.29 is 23.6 Å². The van der Waals surface area contributed by atoms with Gasteiger partial charge in [0.2, 0.25) is 0 Å². The minimum Gasteiger partial charge on any atom is -0.612 e. The first-order valence-corrected chi connectivity index (χ1v) is 14.6. The number of anilines is 1. The van der Waals surface area contributed by atoms with Crippen molar-refractivity contribution in [3.05, 3.63) is 16.5 Å². The van der Waals surface area contributed by atoms with E-state index in [4.69, 9.17) is 9.47 Å². The molecule has 0 radical (unpaired) electrons. The molecule has 0 aliphatic carbocycles. The number of carbonyl (C=O) groups is 2. The van der Waals surface area contributed by atoms with Gasteiger partial charge in [0, 0.05) is 13.5 Å². The van der Waals surface area contributed by atoms with E-state index in [1.54, 1.807) is 26.2 Å². The highest BCUT2D eigenvalue weighted by atomic mass is 32.2. The average Bonchev–Trinajstić information content (AvgIpc) is 2.88. The van der Waals surface area contributed by atoms with E-state index in [0.29, 0.717) is 12.3 Å². The molecule has 0 spiro atoms. The molecular weight excluding hydrogens is 404 g/mol. The molecule has 0 fully saturated rings. The lowest BCUT2D eigenvalue weighted by atomic mass is 10.2. The fourth-order valence-electron chi connectivity index (χ4n) is 1.75. The number of nitrogens with one attached hydrogen (secondary N) is 1. The number of ether oxygens (including phenoxy) is 2. The van der Waals surface area contributed by atoms with Gasteiger partial charge < -0.3 is 14.0 Å². The maximum atomic E-state index is 12.4. The Morgan fingerprint density at radius 1 is 1.37 bits per heavy atom. The minimum absolute atomic E-state index is 0.125. The summed E-state index contributed by atoms with van der Waals surface area (Å²) in [5, 5.41) is 5.72. The molecule has 7 nitrogen and oxygen atoms in total. The van der Waals surface area contributed by atoms with Gasteiger partial charge in [0.15, 0.2) is 5.13 Å². The van der Waals surface area contributed by atoms with E-state index >= 15 is 0 Å². The molecule has 0 saturated heterocycles. The van der Waals surface area contributed by atoms with Gasteiger partial charge in [-0.25, -0.2) is 14.6 Å². The van der Waals surface area contributed by atoms with Gasteiger partial charge in [-0.1, -0.05) is 19.6 Å². The smallest absolute Gasteiger partial charge is 0.413 e. The Morgan fingerprint density at radius 2 is 2.00 bits per heavy atom.